The Morgan fingerprint density at radius 2 is 1.92 bits per heavy atom. The van der Waals surface area contributed by atoms with Gasteiger partial charge in [0.2, 0.25) is 6.33 Å². The second-order valence-corrected chi connectivity index (χ2v) is 3.26. The number of aryl methyl sites for hydroxylation is 1. The molecule has 1 aromatic rings. The molecule has 0 aliphatic heterocycles. The number of nitrogens with one attached hydrogen (secondary N) is 1. The lowest BCUT2D eigenvalue weighted by atomic mass is 10.1. The third-order valence-electron chi connectivity index (χ3n) is 2.12. The average Bonchev–Trinajstić information content (AvgIpc) is 2.57. The zero-order chi connectivity index (χ0) is 8.65. The maximum atomic E-state index is 3.04. The molecule has 0 aromatic carbocycles. The summed E-state index contributed by atoms with van der Waals surface area (Å²) in [5.74, 6) is 0. The fourth-order valence-electron chi connectivity index (χ4n) is 1.36. The molecule has 1 aromatic heterocycles. The van der Waals surface area contributed by atoms with Crippen LogP contribution in [0.4, 0.5) is 0 Å². The molecule has 0 atom stereocenters. The van der Waals surface area contributed by atoms with Crippen molar-refractivity contribution in [2.24, 2.45) is 0 Å². The Morgan fingerprint density at radius 1 is 1.15 bits per heavy atom. The molecule has 0 amide bonds. The Balaban J connectivity index is 0.00000144. The van der Waals surface area contributed by atoms with Crippen LogP contribution in [0.25, 0.3) is 0 Å². The van der Waals surface area contributed by atoms with Crippen molar-refractivity contribution in [2.75, 3.05) is 0 Å². The zero-order valence-corrected chi connectivity index (χ0v) is 9.89. The first kappa shape index (κ1) is 12.7. The van der Waals surface area contributed by atoms with Gasteiger partial charge in [0.05, 0.1) is 6.54 Å². The fraction of sp³-hybridized carbons (Fsp3) is 0.700. The number of unbranched alkanes of at least 4 members (excludes halogenated alkanes) is 4. The number of rotatable bonds is 6. The molecule has 0 saturated carbocycles. The van der Waals surface area contributed by atoms with E-state index in [2.05, 4.69) is 22.7 Å². The summed E-state index contributed by atoms with van der Waals surface area (Å²) in [6.45, 7) is 3.41. The highest BCUT2D eigenvalue weighted by atomic mass is 79.9. The summed E-state index contributed by atoms with van der Waals surface area (Å²) in [6, 6.07) is 0. The van der Waals surface area contributed by atoms with Gasteiger partial charge in [-0.15, -0.1) is 0 Å². The van der Waals surface area contributed by atoms with E-state index >= 15 is 0 Å². The van der Waals surface area contributed by atoms with Gasteiger partial charge in [-0.1, -0.05) is 26.2 Å². The number of aromatic nitrogens is 2. The molecule has 0 spiro atoms. The molecule has 1 rings (SSSR count). The van der Waals surface area contributed by atoms with Crippen LogP contribution in [0.1, 0.15) is 39.0 Å². The van der Waals surface area contributed by atoms with Crippen molar-refractivity contribution in [3.8, 4) is 0 Å². The van der Waals surface area contributed by atoms with E-state index in [1.165, 1.54) is 32.1 Å². The van der Waals surface area contributed by atoms with Gasteiger partial charge in [-0.05, 0) is 12.8 Å². The highest BCUT2D eigenvalue weighted by Gasteiger charge is 1.95. The lowest BCUT2D eigenvalue weighted by Crippen LogP contribution is -3.00. The SMILES string of the molecule is CCCCCCC[n+]1cc[nH]c1.[Br-]. The van der Waals surface area contributed by atoms with Crippen molar-refractivity contribution in [3.63, 3.8) is 0 Å². The summed E-state index contributed by atoms with van der Waals surface area (Å²) in [5, 5.41) is 0. The number of H-pyrrole nitrogens is 1. The van der Waals surface area contributed by atoms with Crippen LogP contribution in [-0.4, -0.2) is 4.98 Å². The molecule has 1 heterocycles. The van der Waals surface area contributed by atoms with Crippen LogP contribution in [0.5, 0.6) is 0 Å². The maximum absolute atomic E-state index is 3.04. The monoisotopic (exact) mass is 246 g/mol. The third-order valence-corrected chi connectivity index (χ3v) is 2.12. The van der Waals surface area contributed by atoms with Crippen LogP contribution in [0.2, 0.25) is 0 Å². The van der Waals surface area contributed by atoms with Gasteiger partial charge in [-0.2, -0.15) is 0 Å². The van der Waals surface area contributed by atoms with Gasteiger partial charge in [-0.3, -0.25) is 4.98 Å². The van der Waals surface area contributed by atoms with Crippen molar-refractivity contribution in [2.45, 2.75) is 45.6 Å². The first-order valence-electron chi connectivity index (χ1n) is 4.95. The van der Waals surface area contributed by atoms with E-state index in [-0.39, 0.29) is 17.0 Å². The van der Waals surface area contributed by atoms with Gasteiger partial charge in [0.25, 0.3) is 0 Å². The molecule has 0 unspecified atom stereocenters. The number of imidazole rings is 1. The third kappa shape index (κ3) is 5.86. The summed E-state index contributed by atoms with van der Waals surface area (Å²) < 4.78 is 2.20. The van der Waals surface area contributed by atoms with Crippen molar-refractivity contribution in [1.29, 1.82) is 0 Å². The van der Waals surface area contributed by atoms with Gasteiger partial charge in [0.15, 0.2) is 0 Å². The first-order valence-corrected chi connectivity index (χ1v) is 4.95. The molecular weight excluding hydrogens is 228 g/mol. The predicted molar refractivity (Wildman–Crippen MR) is 49.7 cm³/mol. The Kier molecular flexibility index (Phi) is 8.10. The Morgan fingerprint density at radius 3 is 2.54 bits per heavy atom. The van der Waals surface area contributed by atoms with E-state index < -0.39 is 0 Å². The summed E-state index contributed by atoms with van der Waals surface area (Å²) in [7, 11) is 0. The molecule has 0 saturated heterocycles. The number of aromatic amines is 1. The normalized spacial score (nSPS) is 9.62. The molecule has 0 aliphatic carbocycles. The smallest absolute Gasteiger partial charge is 0.241 e. The average molecular weight is 247 g/mol. The highest BCUT2D eigenvalue weighted by molar-refractivity contribution is 4.55. The maximum Gasteiger partial charge on any atom is 0.241 e. The van der Waals surface area contributed by atoms with Crippen molar-refractivity contribution < 1.29 is 21.5 Å². The number of halogens is 1. The second kappa shape index (κ2) is 8.30. The zero-order valence-electron chi connectivity index (χ0n) is 8.30. The molecule has 0 fully saturated rings. The molecule has 0 bridgehead atoms. The minimum atomic E-state index is 0. The van der Waals surface area contributed by atoms with Crippen LogP contribution in [0.15, 0.2) is 18.7 Å². The summed E-state index contributed by atoms with van der Waals surface area (Å²) in [4.78, 5) is 3.04. The lowest BCUT2D eigenvalue weighted by Gasteiger charge is -1.96. The van der Waals surface area contributed by atoms with Crippen LogP contribution in [-0.2, 0) is 6.54 Å². The van der Waals surface area contributed by atoms with E-state index in [9.17, 15) is 0 Å². The van der Waals surface area contributed by atoms with Crippen LogP contribution >= 0.6 is 0 Å². The van der Waals surface area contributed by atoms with Gasteiger partial charge in [-0.25, -0.2) is 4.57 Å². The Hall–Kier alpha value is -0.310. The minimum absolute atomic E-state index is 0. The number of nitrogens with zero attached hydrogens (tertiary/aromatic N) is 1. The highest BCUT2D eigenvalue weighted by Crippen LogP contribution is 2.01. The van der Waals surface area contributed by atoms with E-state index in [0.29, 0.717) is 0 Å². The fourth-order valence-corrected chi connectivity index (χ4v) is 1.36. The van der Waals surface area contributed by atoms with Gasteiger partial charge >= 0.3 is 0 Å². The summed E-state index contributed by atoms with van der Waals surface area (Å²) in [6.07, 6.45) is 12.8. The van der Waals surface area contributed by atoms with Crippen LogP contribution in [0.3, 0.4) is 0 Å². The van der Waals surface area contributed by atoms with E-state index in [1.807, 2.05) is 12.5 Å². The van der Waals surface area contributed by atoms with E-state index in [4.69, 9.17) is 0 Å². The topological polar surface area (TPSA) is 19.7 Å². The molecule has 1 N–H and O–H groups in total. The number of hydrogen-bond acceptors (Lipinski definition) is 0. The molecule has 13 heavy (non-hydrogen) atoms. The summed E-state index contributed by atoms with van der Waals surface area (Å²) >= 11 is 0. The lowest BCUT2D eigenvalue weighted by molar-refractivity contribution is -0.696. The van der Waals surface area contributed by atoms with E-state index in [1.54, 1.807) is 0 Å². The number of hydrogen-bond donors (Lipinski definition) is 1. The minimum Gasteiger partial charge on any atom is -1.00 e. The molecule has 3 heteroatoms. The Labute approximate surface area is 91.1 Å². The van der Waals surface area contributed by atoms with Crippen molar-refractivity contribution in [1.82, 2.24) is 4.98 Å². The first-order chi connectivity index (χ1) is 5.93. The summed E-state index contributed by atoms with van der Waals surface area (Å²) in [5.41, 5.74) is 0. The van der Waals surface area contributed by atoms with Crippen LogP contribution < -0.4 is 21.5 Å². The standard InChI is InChI=1S/C10H18N2.BrH/c1-2-3-4-5-6-8-12-9-7-11-10-12;/h7,9-10H,2-6,8H2,1H3;1H. The van der Waals surface area contributed by atoms with Gasteiger partial charge < -0.3 is 17.0 Å². The van der Waals surface area contributed by atoms with Gasteiger partial charge in [0, 0.05) is 0 Å². The molecule has 76 valence electrons. The second-order valence-electron chi connectivity index (χ2n) is 3.26. The van der Waals surface area contributed by atoms with Gasteiger partial charge in [0.1, 0.15) is 12.4 Å². The molecule has 2 nitrogen and oxygen atoms in total. The molecular formula is C10H19BrN2. The Bertz CT molecular complexity index is 185. The van der Waals surface area contributed by atoms with Crippen LogP contribution in [0, 0.1) is 0 Å². The molecule has 0 radical (unpaired) electrons. The predicted octanol–water partition coefficient (Wildman–Crippen LogP) is -0.723. The van der Waals surface area contributed by atoms with Crippen molar-refractivity contribution >= 4 is 0 Å². The quantitative estimate of drug-likeness (QED) is 0.505. The molecule has 0 aliphatic rings. The van der Waals surface area contributed by atoms with Crippen molar-refractivity contribution in [3.05, 3.63) is 18.7 Å². The van der Waals surface area contributed by atoms with E-state index in [0.717, 1.165) is 6.54 Å². The largest absolute Gasteiger partial charge is 1.00 e.